The number of rotatable bonds is 4. The molecule has 0 bridgehead atoms. The van der Waals surface area contributed by atoms with E-state index in [1.54, 1.807) is 11.7 Å². The second-order valence-electron chi connectivity index (χ2n) is 7.93. The summed E-state index contributed by atoms with van der Waals surface area (Å²) in [5.74, 6) is 0.636. The summed E-state index contributed by atoms with van der Waals surface area (Å²) in [6.45, 7) is 0.809. The highest BCUT2D eigenvalue weighted by atomic mass is 16.5. The van der Waals surface area contributed by atoms with Crippen LogP contribution in [-0.4, -0.2) is 52.4 Å². The summed E-state index contributed by atoms with van der Waals surface area (Å²) < 4.78 is 7.67. The Morgan fingerprint density at radius 2 is 2.17 bits per heavy atom. The number of carbonyl (C=O) groups excluding carboxylic acids is 2. The molecule has 2 aromatic rings. The number of hydrogen-bond acceptors (Lipinski definition) is 6. The Labute approximate surface area is 166 Å². The molecule has 1 saturated heterocycles. The van der Waals surface area contributed by atoms with Gasteiger partial charge in [0.2, 0.25) is 17.9 Å². The Bertz CT molecular complexity index is 997. The van der Waals surface area contributed by atoms with Crippen molar-refractivity contribution in [3.05, 3.63) is 40.7 Å². The maximum Gasteiger partial charge on any atom is 0.272 e. The number of hydrogen-bond donors (Lipinski definition) is 2. The molecule has 2 aliphatic carbocycles. The van der Waals surface area contributed by atoms with Gasteiger partial charge in [0.1, 0.15) is 5.54 Å². The van der Waals surface area contributed by atoms with Gasteiger partial charge in [0.15, 0.2) is 11.9 Å². The van der Waals surface area contributed by atoms with Crippen LogP contribution in [0.15, 0.2) is 18.6 Å². The Morgan fingerprint density at radius 3 is 2.90 bits per heavy atom. The van der Waals surface area contributed by atoms with Crippen LogP contribution in [0.25, 0.3) is 5.82 Å². The zero-order chi connectivity index (χ0) is 20.2. The number of ether oxygens (including phenoxy) is 1. The number of nitrogens with zero attached hydrogens (tertiary/aromatic N) is 4. The lowest BCUT2D eigenvalue weighted by Crippen LogP contribution is -2.60. The molecule has 10 heteroatoms. The average Bonchev–Trinajstić information content (AvgIpc) is 3.23. The van der Waals surface area contributed by atoms with Gasteiger partial charge in [0, 0.05) is 44.6 Å². The van der Waals surface area contributed by atoms with Crippen LogP contribution < -0.4 is 15.4 Å². The molecule has 2 fully saturated rings. The van der Waals surface area contributed by atoms with Crippen molar-refractivity contribution in [3.8, 4) is 5.82 Å². The van der Waals surface area contributed by atoms with Crippen molar-refractivity contribution in [2.24, 2.45) is 5.92 Å². The minimum Gasteiger partial charge on any atom is -0.619 e. The first-order valence-corrected chi connectivity index (χ1v) is 9.82. The van der Waals surface area contributed by atoms with Gasteiger partial charge in [-0.1, -0.05) is 0 Å². The van der Waals surface area contributed by atoms with E-state index in [-0.39, 0.29) is 11.8 Å². The minimum atomic E-state index is -1.01. The lowest BCUT2D eigenvalue weighted by atomic mass is 9.88. The fourth-order valence-electron chi connectivity index (χ4n) is 4.59. The zero-order valence-corrected chi connectivity index (χ0v) is 16.1. The first kappa shape index (κ1) is 18.0. The van der Waals surface area contributed by atoms with Gasteiger partial charge in [0.25, 0.3) is 5.91 Å². The van der Waals surface area contributed by atoms with Gasteiger partial charge in [-0.05, 0) is 18.8 Å². The number of nitrogens with one attached hydrogen (secondary N) is 2. The molecule has 0 unspecified atom stereocenters. The van der Waals surface area contributed by atoms with E-state index in [1.807, 2.05) is 0 Å². The Hall–Kier alpha value is -3.01. The van der Waals surface area contributed by atoms with E-state index in [4.69, 9.17) is 4.74 Å². The second-order valence-corrected chi connectivity index (χ2v) is 7.93. The number of amides is 2. The largest absolute Gasteiger partial charge is 0.619 e. The van der Waals surface area contributed by atoms with Crippen molar-refractivity contribution < 1.29 is 19.1 Å². The summed E-state index contributed by atoms with van der Waals surface area (Å²) in [7, 11) is 1.56. The van der Waals surface area contributed by atoms with E-state index in [0.29, 0.717) is 54.1 Å². The van der Waals surface area contributed by atoms with Gasteiger partial charge >= 0.3 is 0 Å². The molecule has 2 N–H and O–H groups in total. The summed E-state index contributed by atoms with van der Waals surface area (Å²) in [4.78, 5) is 30.0. The highest BCUT2D eigenvalue weighted by Crippen LogP contribution is 2.57. The standard InChI is InChI=1S/C19H22N6O4/c1-20-18(27)19(2-6-29-7-3-19)22-17(26)15-13-9-11-8-12(11)16(13)25(23-15)14-10-24(28)5-4-21-14/h4-5,10-12H,2-3,6-9H2,1H3,(H,20,27)(H,22,26)/t11-,12-/m1/s1. The average molecular weight is 398 g/mol. The first-order chi connectivity index (χ1) is 14.0. The summed E-state index contributed by atoms with van der Waals surface area (Å²) in [6.07, 6.45) is 6.71. The smallest absolute Gasteiger partial charge is 0.272 e. The molecule has 2 amide bonds. The van der Waals surface area contributed by atoms with Crippen molar-refractivity contribution in [3.63, 3.8) is 0 Å². The SMILES string of the molecule is CNC(=O)C1(NC(=O)c2nn(-c3c[n+]([O-])ccn3)c3c2C[C@H]2C[C@@H]32)CCOCC1. The highest BCUT2D eigenvalue weighted by molar-refractivity contribution is 5.99. The van der Waals surface area contributed by atoms with Crippen molar-refractivity contribution >= 4 is 11.8 Å². The van der Waals surface area contributed by atoms with Gasteiger partial charge in [-0.25, -0.2) is 9.67 Å². The summed E-state index contributed by atoms with van der Waals surface area (Å²) in [5.41, 5.74) is 1.15. The third-order valence-electron chi connectivity index (χ3n) is 6.22. The number of likely N-dealkylation sites (N-methyl/N-ethyl adjacent to an activating group) is 1. The molecule has 1 aliphatic heterocycles. The van der Waals surface area contributed by atoms with E-state index < -0.39 is 5.54 Å². The van der Waals surface area contributed by atoms with Crippen molar-refractivity contribution in [2.75, 3.05) is 20.3 Å². The van der Waals surface area contributed by atoms with E-state index in [1.165, 1.54) is 18.6 Å². The summed E-state index contributed by atoms with van der Waals surface area (Å²) in [5, 5.41) is 21.8. The molecule has 3 aliphatic rings. The molecular formula is C19H22N6O4. The molecule has 1 saturated carbocycles. The molecule has 3 heterocycles. The molecule has 152 valence electrons. The molecule has 0 radical (unpaired) electrons. The Balaban J connectivity index is 1.52. The third kappa shape index (κ3) is 2.86. The molecule has 0 spiro atoms. The summed E-state index contributed by atoms with van der Waals surface area (Å²) in [6, 6.07) is 0. The van der Waals surface area contributed by atoms with Crippen molar-refractivity contribution in [1.82, 2.24) is 25.4 Å². The quantitative estimate of drug-likeness (QED) is 0.533. The van der Waals surface area contributed by atoms with Crippen LogP contribution in [0, 0.1) is 11.1 Å². The van der Waals surface area contributed by atoms with Gasteiger partial charge < -0.3 is 20.6 Å². The molecule has 2 atom stereocenters. The van der Waals surface area contributed by atoms with E-state index >= 15 is 0 Å². The monoisotopic (exact) mass is 398 g/mol. The van der Waals surface area contributed by atoms with Gasteiger partial charge in [-0.2, -0.15) is 9.83 Å². The second kappa shape index (κ2) is 6.51. The molecule has 5 rings (SSSR count). The molecular weight excluding hydrogens is 376 g/mol. The van der Waals surface area contributed by atoms with Crippen LogP contribution in [0.3, 0.4) is 0 Å². The normalized spacial score (nSPS) is 23.8. The van der Waals surface area contributed by atoms with Gasteiger partial charge in [-0.3, -0.25) is 9.59 Å². The third-order valence-corrected chi connectivity index (χ3v) is 6.22. The predicted octanol–water partition coefficient (Wildman–Crippen LogP) is -0.415. The molecule has 2 aromatic heterocycles. The predicted molar refractivity (Wildman–Crippen MR) is 99.2 cm³/mol. The van der Waals surface area contributed by atoms with Crippen LogP contribution in [0.1, 0.15) is 46.9 Å². The topological polar surface area (TPSA) is 125 Å². The van der Waals surface area contributed by atoms with Gasteiger partial charge in [0.05, 0.1) is 11.9 Å². The van der Waals surface area contributed by atoms with Crippen LogP contribution in [0.4, 0.5) is 0 Å². The fraction of sp³-hybridized carbons (Fsp3) is 0.526. The Morgan fingerprint density at radius 1 is 1.38 bits per heavy atom. The van der Waals surface area contributed by atoms with Crippen LogP contribution in [0.2, 0.25) is 0 Å². The lowest BCUT2D eigenvalue weighted by Gasteiger charge is -2.35. The fourth-order valence-corrected chi connectivity index (χ4v) is 4.59. The summed E-state index contributed by atoms with van der Waals surface area (Å²) >= 11 is 0. The first-order valence-electron chi connectivity index (χ1n) is 9.82. The van der Waals surface area contributed by atoms with E-state index in [2.05, 4.69) is 20.7 Å². The van der Waals surface area contributed by atoms with Gasteiger partial charge in [-0.15, -0.1) is 0 Å². The van der Waals surface area contributed by atoms with Crippen molar-refractivity contribution in [1.29, 1.82) is 0 Å². The molecule has 29 heavy (non-hydrogen) atoms. The highest BCUT2D eigenvalue weighted by Gasteiger charge is 2.51. The van der Waals surface area contributed by atoms with Crippen LogP contribution >= 0.6 is 0 Å². The maximum atomic E-state index is 13.2. The zero-order valence-electron chi connectivity index (χ0n) is 16.1. The number of carbonyl (C=O) groups is 2. The maximum absolute atomic E-state index is 13.2. The Kier molecular flexibility index (Phi) is 4.05. The minimum absolute atomic E-state index is 0.231. The van der Waals surface area contributed by atoms with E-state index in [0.717, 1.165) is 24.1 Å². The number of aromatic nitrogens is 4. The van der Waals surface area contributed by atoms with Crippen LogP contribution in [0.5, 0.6) is 0 Å². The molecule has 10 nitrogen and oxygen atoms in total. The molecule has 0 aromatic carbocycles. The van der Waals surface area contributed by atoms with Crippen molar-refractivity contribution in [2.45, 2.75) is 37.1 Å². The van der Waals surface area contributed by atoms with Crippen LogP contribution in [-0.2, 0) is 16.0 Å². The number of fused-ring (bicyclic) bond motifs is 3. The van der Waals surface area contributed by atoms with E-state index in [9.17, 15) is 14.8 Å². The lowest BCUT2D eigenvalue weighted by molar-refractivity contribution is -0.605.